The second-order valence-corrected chi connectivity index (χ2v) is 33.0. The summed E-state index contributed by atoms with van der Waals surface area (Å²) in [5.74, 6) is 9.90. The van der Waals surface area contributed by atoms with Gasteiger partial charge in [-0.25, -0.2) is 0 Å². The Morgan fingerprint density at radius 2 is 0.402 bits per heavy atom. The molecule has 460 valence electrons. The van der Waals surface area contributed by atoms with E-state index in [1.165, 1.54) is 61.3 Å². The Labute approximate surface area is 578 Å². The molecule has 4 aromatic carbocycles. The lowest BCUT2D eigenvalue weighted by atomic mass is 10.2. The van der Waals surface area contributed by atoms with Gasteiger partial charge in [0.15, 0.2) is 46.0 Å². The monoisotopic (exact) mass is 1430 g/mol. The van der Waals surface area contributed by atoms with Crippen LogP contribution in [0.25, 0.3) is 58.5 Å². The van der Waals surface area contributed by atoms with Gasteiger partial charge in [-0.1, -0.05) is 48.5 Å². The van der Waals surface area contributed by atoms with Gasteiger partial charge in [0, 0.05) is 42.6 Å². The van der Waals surface area contributed by atoms with Crippen LogP contribution in [-0.4, -0.2) is 52.9 Å². The number of hydrogen-bond acceptors (Lipinski definition) is 24. The highest BCUT2D eigenvalue weighted by molar-refractivity contribution is 7.99. The Bertz CT molecular complexity index is 4150. The molecule has 92 heavy (non-hydrogen) atoms. The highest BCUT2D eigenvalue weighted by Crippen LogP contribution is 2.65. The van der Waals surface area contributed by atoms with E-state index < -0.39 is 0 Å². The van der Waals surface area contributed by atoms with Gasteiger partial charge in [-0.2, -0.15) is 20.5 Å². The number of fused-ring (bicyclic) bond motifs is 8. The van der Waals surface area contributed by atoms with Gasteiger partial charge >= 0.3 is 0 Å². The van der Waals surface area contributed by atoms with Crippen LogP contribution in [0.15, 0.2) is 183 Å². The summed E-state index contributed by atoms with van der Waals surface area (Å²) in [5.41, 5.74) is 8.28. The molecule has 0 amide bonds. The number of rotatable bonds is 0. The predicted molar refractivity (Wildman–Crippen MR) is 385 cm³/mol. The lowest BCUT2D eigenvalue weighted by Crippen LogP contribution is -2.15. The molecule has 8 aromatic heterocycles. The Morgan fingerprint density at radius 3 is 0.598 bits per heavy atom. The molecule has 12 aromatic rings. The molecular formula is C68H48N4O8S12. The third-order valence-electron chi connectivity index (χ3n) is 15.2. The number of ether oxygens (including phenoxy) is 8. The molecule has 0 unspecified atom stereocenters. The van der Waals surface area contributed by atoms with Gasteiger partial charge in [0.1, 0.15) is 52.9 Å². The van der Waals surface area contributed by atoms with Gasteiger partial charge in [-0.15, -0.1) is 138 Å². The minimum absolute atomic E-state index is 0.516. The Morgan fingerprint density at radius 1 is 0.217 bits per heavy atom. The number of benzene rings is 4. The Hall–Kier alpha value is -6.52. The van der Waals surface area contributed by atoms with Crippen LogP contribution in [0.5, 0.6) is 46.0 Å². The molecule has 12 nitrogen and oxygen atoms in total. The van der Waals surface area contributed by atoms with Gasteiger partial charge in [-0.3, -0.25) is 0 Å². The average molecular weight is 1430 g/mol. The molecule has 0 saturated carbocycles. The summed E-state index contributed by atoms with van der Waals surface area (Å²) >= 11 is 21.2. The number of hydrogen-bond donors (Lipinski definition) is 0. The molecule has 16 bridgehead atoms. The van der Waals surface area contributed by atoms with Gasteiger partial charge in [0.2, 0.25) is 0 Å². The highest BCUT2D eigenvalue weighted by Gasteiger charge is 2.37. The fraction of sp³-hybridized carbons (Fsp3) is 0.176. The quantitative estimate of drug-likeness (QED) is 0.144. The van der Waals surface area contributed by atoms with Crippen molar-refractivity contribution < 1.29 is 37.9 Å². The van der Waals surface area contributed by atoms with Crippen molar-refractivity contribution in [2.75, 3.05) is 52.9 Å². The SMILES string of the molecule is c1cc2c(s1)-c1sc(c3c1OCCO3)-c1sc(c3c1OCCO3)-c1sccc1SCc1ccc(cc1)N=Nc1ccc(cc1)CS2.c1cc2c(s1)-c1sc(c3c1OCCO3)-c1sc(c3c1OCCO3)-c1sccc1SCc1ccc(cc1)N=Nc1ccc(cc1)CS2. The maximum atomic E-state index is 6.36. The third kappa shape index (κ3) is 11.8. The third-order valence-corrected chi connectivity index (χ3v) is 29.5. The van der Waals surface area contributed by atoms with E-state index in [0.717, 1.165) is 131 Å². The van der Waals surface area contributed by atoms with Crippen molar-refractivity contribution in [3.63, 3.8) is 0 Å². The van der Waals surface area contributed by atoms with Crippen LogP contribution in [0.1, 0.15) is 22.3 Å². The van der Waals surface area contributed by atoms with Crippen LogP contribution in [-0.2, 0) is 23.0 Å². The summed E-state index contributed by atoms with van der Waals surface area (Å²) in [6.07, 6.45) is 0. The lowest BCUT2D eigenvalue weighted by Gasteiger charge is -2.19. The molecule has 10 aliphatic rings. The van der Waals surface area contributed by atoms with E-state index in [1.807, 2.05) is 95.6 Å². The molecule has 0 aliphatic carbocycles. The van der Waals surface area contributed by atoms with E-state index in [4.69, 9.17) is 37.9 Å². The Balaban J connectivity index is 0.000000141. The van der Waals surface area contributed by atoms with Crippen molar-refractivity contribution in [1.82, 2.24) is 0 Å². The van der Waals surface area contributed by atoms with Crippen LogP contribution < -0.4 is 37.9 Å². The molecule has 0 saturated heterocycles. The largest absolute Gasteiger partial charge is 0.485 e. The highest BCUT2D eigenvalue weighted by atomic mass is 32.2. The molecule has 0 atom stereocenters. The minimum atomic E-state index is 0.516. The predicted octanol–water partition coefficient (Wildman–Crippen LogP) is 23.6. The maximum absolute atomic E-state index is 6.36. The zero-order chi connectivity index (χ0) is 60.9. The first-order valence-corrected chi connectivity index (χ1v) is 40.0. The second-order valence-electron chi connectivity index (χ2n) is 21.1. The Kier molecular flexibility index (Phi) is 17.0. The molecular weight excluding hydrogens is 1390 g/mol. The topological polar surface area (TPSA) is 123 Å². The lowest BCUT2D eigenvalue weighted by molar-refractivity contribution is 0.172. The molecule has 24 heteroatoms. The fourth-order valence-corrected chi connectivity index (χ4v) is 25.1. The average Bonchev–Trinajstić information content (AvgIpc) is 1.61. The first-order valence-electron chi connectivity index (χ1n) is 29.3. The van der Waals surface area contributed by atoms with Crippen molar-refractivity contribution in [1.29, 1.82) is 0 Å². The van der Waals surface area contributed by atoms with Crippen LogP contribution in [0.2, 0.25) is 0 Å². The molecule has 22 rings (SSSR count). The van der Waals surface area contributed by atoms with Crippen molar-refractivity contribution in [3.8, 4) is 105 Å². The minimum Gasteiger partial charge on any atom is -0.485 e. The van der Waals surface area contributed by atoms with E-state index >= 15 is 0 Å². The van der Waals surface area contributed by atoms with E-state index in [1.54, 1.807) is 90.7 Å². The first kappa shape index (κ1) is 59.2. The first-order chi connectivity index (χ1) is 45.6. The molecule has 18 heterocycles. The summed E-state index contributed by atoms with van der Waals surface area (Å²) in [6.45, 7) is 4.17. The summed E-state index contributed by atoms with van der Waals surface area (Å²) in [7, 11) is 0. The smallest absolute Gasteiger partial charge is 0.181 e. The summed E-state index contributed by atoms with van der Waals surface area (Å²) in [6, 6.07) is 42.1. The van der Waals surface area contributed by atoms with E-state index in [2.05, 4.69) is 115 Å². The number of thioether (sulfide) groups is 4. The van der Waals surface area contributed by atoms with Gasteiger partial charge in [0.05, 0.1) is 81.3 Å². The molecule has 0 fully saturated rings. The molecule has 0 radical (unpaired) electrons. The van der Waals surface area contributed by atoms with Crippen molar-refractivity contribution in [3.05, 3.63) is 165 Å². The van der Waals surface area contributed by atoms with Crippen LogP contribution >= 0.6 is 138 Å². The molecule has 0 N–H and O–H groups in total. The van der Waals surface area contributed by atoms with Crippen LogP contribution in [0.4, 0.5) is 22.7 Å². The standard InChI is InChI=1S/2C34H24N2O4S6/c2*1-5-21-6-2-19(1)17-43-23-9-15-41-29(23)31-25-27(39-13-11-37-25)33(45-31)34-28-26(38-12-14-40-28)32(46-34)30-24(10-16-42-30)44-18-20-3-7-22(8-4-20)36-35-21/h2*1-10,15-16H,11-14,17-18H2. The van der Waals surface area contributed by atoms with E-state index in [-0.39, 0.29) is 0 Å². The molecule has 0 spiro atoms. The van der Waals surface area contributed by atoms with Gasteiger partial charge in [0.25, 0.3) is 0 Å². The second kappa shape index (κ2) is 26.3. The zero-order valence-electron chi connectivity index (χ0n) is 48.3. The van der Waals surface area contributed by atoms with E-state index in [9.17, 15) is 0 Å². The number of azo groups is 2. The normalized spacial score (nSPS) is 15.3. The van der Waals surface area contributed by atoms with Crippen LogP contribution in [0.3, 0.4) is 0 Å². The number of thiophene rings is 8. The summed E-state index contributed by atoms with van der Waals surface area (Å²) < 4.78 is 50.8. The van der Waals surface area contributed by atoms with Crippen molar-refractivity contribution >= 4 is 160 Å². The number of nitrogens with zero attached hydrogens (tertiary/aromatic N) is 4. The summed E-state index contributed by atoms with van der Waals surface area (Å²) in [4.78, 5) is 18.3. The van der Waals surface area contributed by atoms with E-state index in [0.29, 0.717) is 52.9 Å². The maximum Gasteiger partial charge on any atom is 0.181 e. The summed E-state index contributed by atoms with van der Waals surface area (Å²) in [5, 5.41) is 26.6. The van der Waals surface area contributed by atoms with Crippen molar-refractivity contribution in [2.24, 2.45) is 20.5 Å². The van der Waals surface area contributed by atoms with Crippen LogP contribution in [0, 0.1) is 0 Å². The fourth-order valence-electron chi connectivity index (χ4n) is 10.8. The van der Waals surface area contributed by atoms with Crippen molar-refractivity contribution in [2.45, 2.75) is 42.6 Å². The van der Waals surface area contributed by atoms with Gasteiger partial charge in [-0.05, 0) is 117 Å². The molecule has 10 aliphatic heterocycles. The van der Waals surface area contributed by atoms with Gasteiger partial charge < -0.3 is 37.9 Å². The zero-order valence-corrected chi connectivity index (χ0v) is 58.1.